The number of Topliss-reactive ketones (excluding diaryl/α,β-unsaturated/α-hetero) is 13. The molecule has 774 valence electrons. The molecule has 2 N–H and O–H groups in total. The molecule has 0 radical (unpaired) electrons. The third kappa shape index (κ3) is 108. The van der Waals surface area contributed by atoms with E-state index in [-0.39, 0.29) is 111 Å². The number of unbranched alkanes of at least 4 members (excludes halogenated alkanes) is 34. The first kappa shape index (κ1) is 137. The molecular formula is C115H214N2O15. The highest BCUT2D eigenvalue weighted by molar-refractivity contribution is 5.89. The van der Waals surface area contributed by atoms with Crippen molar-refractivity contribution in [2.45, 2.75) is 564 Å². The van der Waals surface area contributed by atoms with Gasteiger partial charge in [0.05, 0.1) is 0 Å². The molecule has 132 heavy (non-hydrogen) atoms. The van der Waals surface area contributed by atoms with E-state index in [0.29, 0.717) is 137 Å². The third-order valence-electron chi connectivity index (χ3n) is 24.4. The molecule has 0 spiro atoms. The molecular weight excluding hydrogens is 1650 g/mol. The fraction of sp³-hybridized carbons (Fsp3) is 0.870. The zero-order valence-electron chi connectivity index (χ0n) is 90.8. The summed E-state index contributed by atoms with van der Waals surface area (Å²) < 4.78 is 0. The second-order valence-electron chi connectivity index (χ2n) is 42.4. The van der Waals surface area contributed by atoms with Crippen molar-refractivity contribution in [2.75, 3.05) is 13.1 Å². The minimum absolute atomic E-state index is 0.0326. The van der Waals surface area contributed by atoms with Crippen molar-refractivity contribution in [3.05, 3.63) is 0 Å². The average Bonchev–Trinajstić information content (AvgIpc) is 0.985. The van der Waals surface area contributed by atoms with E-state index in [1.165, 1.54) is 103 Å². The fourth-order valence-corrected chi connectivity index (χ4v) is 14.2. The molecule has 0 saturated carbocycles. The van der Waals surface area contributed by atoms with Gasteiger partial charge < -0.3 is 10.6 Å². The van der Waals surface area contributed by atoms with Gasteiger partial charge in [-0.05, 0) is 101 Å². The number of hydrogen-bond donors (Lipinski definition) is 2. The van der Waals surface area contributed by atoms with Gasteiger partial charge in [0.1, 0.15) is 75.2 Å². The van der Waals surface area contributed by atoms with Gasteiger partial charge in [-0.1, -0.05) is 359 Å². The zero-order chi connectivity index (χ0) is 101. The predicted molar refractivity (Wildman–Crippen MR) is 555 cm³/mol. The van der Waals surface area contributed by atoms with Gasteiger partial charge in [0.15, 0.2) is 0 Å². The number of rotatable bonds is 85. The van der Waals surface area contributed by atoms with Crippen molar-refractivity contribution in [3.8, 4) is 0 Å². The lowest BCUT2D eigenvalue weighted by Gasteiger charge is -2.07. The van der Waals surface area contributed by atoms with E-state index >= 15 is 0 Å². The van der Waals surface area contributed by atoms with Crippen molar-refractivity contribution >= 4 is 87.0 Å². The molecule has 0 aromatic carbocycles. The van der Waals surface area contributed by atoms with Crippen LogP contribution in [0, 0.1) is 71.0 Å². The summed E-state index contributed by atoms with van der Waals surface area (Å²) in [7, 11) is 0. The second kappa shape index (κ2) is 97.3. The molecule has 0 aliphatic carbocycles. The van der Waals surface area contributed by atoms with E-state index in [9.17, 15) is 71.9 Å². The molecule has 0 aromatic heterocycles. The Bertz CT molecular complexity index is 2880. The number of hydrogen-bond acceptors (Lipinski definition) is 15. The lowest BCUT2D eigenvalue weighted by Crippen LogP contribution is -2.26. The molecule has 0 aliphatic rings. The van der Waals surface area contributed by atoms with Gasteiger partial charge in [-0.2, -0.15) is 0 Å². The first-order chi connectivity index (χ1) is 62.3. The standard InChI is InChI=1S/C21H38O3.C20H37NO3.C20H38O2.C19H37NO2.C19H34O3.C16H30O2/c1-17(2)20(23)14-12-10-8-6-5-7-9-11-13-19(22)15-16-21(24)18(3)4;1-16(2)15-21-20(24)12-10-8-6-5-7-9-11-18(22)13-14-19(23)17(3)4;1-17(2)13-11-9-7-5-6-8-10-12-14-19(21)15-16-20(22)18(3)4;1-16(2)12-11-15-20-19(22)14-10-8-6-5-7-9-13-18(21)17(3)4;1-15(2)18(21)12-10-8-6-5-7-9-11-17(20)13-14-19(22)16(3)4;1-13(2)15(17)11-9-7-5-6-8-10-12-16(18)14(3)4/h17-18H,5-16H2,1-4H3;16-17H,5-15H2,1-4H3,(H,21,24);17-18H,5-16H2,1-4H3;16-17H,5-15H2,1-4H3,(H,20,22);15-16H,5-14H2,1-4H3;13-14H,5-12H2,1-4H3. The fourth-order valence-electron chi connectivity index (χ4n) is 14.2. The van der Waals surface area contributed by atoms with Crippen LogP contribution in [0.5, 0.6) is 0 Å². The Hall–Kier alpha value is -5.35. The summed E-state index contributed by atoms with van der Waals surface area (Å²) in [6.07, 6.45) is 59.7. The van der Waals surface area contributed by atoms with Crippen LogP contribution in [-0.2, 0) is 71.9 Å². The zero-order valence-corrected chi connectivity index (χ0v) is 90.8. The monoisotopic (exact) mass is 1860 g/mol. The highest BCUT2D eigenvalue weighted by atomic mass is 16.2. The largest absolute Gasteiger partial charge is 0.356 e. The lowest BCUT2D eigenvalue weighted by atomic mass is 10.00. The first-order valence-corrected chi connectivity index (χ1v) is 54.7. The molecule has 17 heteroatoms. The minimum atomic E-state index is 0.0326. The first-order valence-electron chi connectivity index (χ1n) is 54.7. The van der Waals surface area contributed by atoms with Crippen LogP contribution in [0.4, 0.5) is 0 Å². The van der Waals surface area contributed by atoms with Crippen LogP contribution in [0.3, 0.4) is 0 Å². The van der Waals surface area contributed by atoms with Crippen molar-refractivity contribution < 1.29 is 71.9 Å². The topological polar surface area (TPSA) is 280 Å². The van der Waals surface area contributed by atoms with Gasteiger partial charge in [0.2, 0.25) is 11.8 Å². The van der Waals surface area contributed by atoms with Crippen LogP contribution in [-0.4, -0.2) is 100 Å². The van der Waals surface area contributed by atoms with Crippen LogP contribution in [0.25, 0.3) is 0 Å². The molecule has 0 bridgehead atoms. The number of carbonyl (C=O) groups is 15. The number of amides is 2. The average molecular weight is 1860 g/mol. The Morgan fingerprint density at radius 1 is 0.144 bits per heavy atom. The minimum Gasteiger partial charge on any atom is -0.356 e. The summed E-state index contributed by atoms with van der Waals surface area (Å²) in [4.78, 5) is 173. The Morgan fingerprint density at radius 2 is 0.295 bits per heavy atom. The van der Waals surface area contributed by atoms with Crippen LogP contribution in [0.2, 0.25) is 0 Å². The van der Waals surface area contributed by atoms with Gasteiger partial charge in [-0.25, -0.2) is 0 Å². The van der Waals surface area contributed by atoms with Crippen molar-refractivity contribution in [1.82, 2.24) is 10.6 Å². The van der Waals surface area contributed by atoms with E-state index < -0.39 is 0 Å². The van der Waals surface area contributed by atoms with Gasteiger partial charge in [0.25, 0.3) is 0 Å². The highest BCUT2D eigenvalue weighted by Crippen LogP contribution is 2.21. The summed E-state index contributed by atoms with van der Waals surface area (Å²) in [6.45, 7) is 49.5. The summed E-state index contributed by atoms with van der Waals surface area (Å²) in [5, 5.41) is 5.93. The van der Waals surface area contributed by atoms with E-state index in [1.54, 1.807) is 0 Å². The molecule has 0 aromatic rings. The normalized spacial score (nSPS) is 11.2. The van der Waals surface area contributed by atoms with Gasteiger partial charge in [0, 0.05) is 188 Å². The highest BCUT2D eigenvalue weighted by Gasteiger charge is 2.17. The third-order valence-corrected chi connectivity index (χ3v) is 24.4. The van der Waals surface area contributed by atoms with E-state index in [2.05, 4.69) is 52.2 Å². The number of carbonyl (C=O) groups excluding carboxylic acids is 15. The smallest absolute Gasteiger partial charge is 0.220 e. The summed E-state index contributed by atoms with van der Waals surface area (Å²) in [5.41, 5.74) is 0. The van der Waals surface area contributed by atoms with E-state index in [1.807, 2.05) is 125 Å². The predicted octanol–water partition coefficient (Wildman–Crippen LogP) is 30.6. The van der Waals surface area contributed by atoms with E-state index in [4.69, 9.17) is 0 Å². The Balaban J connectivity index is -0.000000362. The maximum absolute atomic E-state index is 11.7. The van der Waals surface area contributed by atoms with Gasteiger partial charge >= 0.3 is 0 Å². The molecule has 2 amide bonds. The summed E-state index contributed by atoms with van der Waals surface area (Å²) in [5.74, 6) is 7.09. The Morgan fingerprint density at radius 3 is 0.477 bits per heavy atom. The van der Waals surface area contributed by atoms with Crippen LogP contribution in [0.15, 0.2) is 0 Å². The summed E-state index contributed by atoms with van der Waals surface area (Å²) in [6, 6.07) is 0. The maximum Gasteiger partial charge on any atom is 0.220 e. The molecule has 0 unspecified atom stereocenters. The van der Waals surface area contributed by atoms with Crippen LogP contribution < -0.4 is 10.6 Å². The number of ketones is 13. The lowest BCUT2D eigenvalue weighted by molar-refractivity contribution is -0.126. The second-order valence-corrected chi connectivity index (χ2v) is 42.4. The summed E-state index contributed by atoms with van der Waals surface area (Å²) >= 11 is 0. The van der Waals surface area contributed by atoms with Crippen molar-refractivity contribution in [3.63, 3.8) is 0 Å². The van der Waals surface area contributed by atoms with E-state index in [0.717, 1.165) is 218 Å². The Labute approximate surface area is 813 Å². The molecule has 0 heterocycles. The van der Waals surface area contributed by atoms with Gasteiger partial charge in [-0.15, -0.1) is 0 Å². The Kier molecular flexibility index (Phi) is 101. The molecule has 0 saturated heterocycles. The maximum atomic E-state index is 11.7. The molecule has 17 nitrogen and oxygen atoms in total. The van der Waals surface area contributed by atoms with Crippen LogP contribution >= 0.6 is 0 Å². The quantitative estimate of drug-likeness (QED) is 0.0535. The number of nitrogens with one attached hydrogen (secondary N) is 2. The molecule has 0 fully saturated rings. The van der Waals surface area contributed by atoms with Crippen molar-refractivity contribution in [1.29, 1.82) is 0 Å². The molecule has 0 atom stereocenters. The van der Waals surface area contributed by atoms with Gasteiger partial charge in [-0.3, -0.25) is 71.9 Å². The molecule has 0 rings (SSSR count). The van der Waals surface area contributed by atoms with Crippen LogP contribution in [0.1, 0.15) is 564 Å². The molecule has 0 aliphatic heterocycles. The SMILES string of the molecule is CC(C)C(=O)CCCCCCCCC(=O)C(C)C.CC(C)C(=O)CCCCCCCCC(=O)CCC(=O)C(C)C.CC(C)C(=O)CCCCCCCCCCC(=O)CCC(=O)C(C)C.CC(C)CCCCCCCCCCC(=O)CCC(=O)C(C)C.CC(C)CCCNC(=O)CCCCCCCCC(=O)C(C)C.CC(C)CNC(=O)CCCCCCCCC(=O)CCC(=O)C(C)C. The van der Waals surface area contributed by atoms with Crippen molar-refractivity contribution in [2.24, 2.45) is 71.0 Å².